The van der Waals surface area contributed by atoms with Crippen molar-refractivity contribution >= 4 is 11.7 Å². The van der Waals surface area contributed by atoms with Gasteiger partial charge in [-0.05, 0) is 44.0 Å². The van der Waals surface area contributed by atoms with Crippen LogP contribution in [0.15, 0.2) is 30.5 Å². The summed E-state index contributed by atoms with van der Waals surface area (Å²) in [6.07, 6.45) is 1.45. The van der Waals surface area contributed by atoms with Crippen molar-refractivity contribution in [1.29, 1.82) is 0 Å². The number of aryl methyl sites for hydroxylation is 2. The summed E-state index contributed by atoms with van der Waals surface area (Å²) in [5, 5.41) is 0. The molecular weight excluding hydrogens is 268 g/mol. The number of nitrogen functional groups attached to an aromatic ring is 1. The van der Waals surface area contributed by atoms with Gasteiger partial charge in [0.25, 0.3) is 0 Å². The van der Waals surface area contributed by atoms with Gasteiger partial charge in [-0.25, -0.2) is 9.78 Å². The lowest BCUT2D eigenvalue weighted by atomic mass is 10.1. The Bertz CT molecular complexity index is 669. The van der Waals surface area contributed by atoms with Crippen molar-refractivity contribution in [2.24, 2.45) is 0 Å². The van der Waals surface area contributed by atoms with Crippen LogP contribution in [-0.2, 0) is 4.74 Å². The molecule has 110 valence electrons. The van der Waals surface area contributed by atoms with Crippen LogP contribution in [0.4, 0.5) is 5.69 Å². The third-order valence-corrected chi connectivity index (χ3v) is 2.92. The second-order valence-electron chi connectivity index (χ2n) is 4.71. The van der Waals surface area contributed by atoms with Gasteiger partial charge in [-0.15, -0.1) is 0 Å². The second kappa shape index (κ2) is 6.26. The number of rotatable bonds is 4. The van der Waals surface area contributed by atoms with E-state index in [2.05, 4.69) is 4.98 Å². The molecule has 1 aromatic carbocycles. The second-order valence-corrected chi connectivity index (χ2v) is 4.71. The molecule has 0 aliphatic heterocycles. The maximum atomic E-state index is 12.0. The number of carbonyl (C=O) groups excluding carboxylic acids is 1. The molecule has 1 aromatic heterocycles. The third-order valence-electron chi connectivity index (χ3n) is 2.92. The SMILES string of the molecule is CCOC(=O)c1cc(N)cnc1Oc1cc(C)ccc1C. The summed E-state index contributed by atoms with van der Waals surface area (Å²) in [6, 6.07) is 7.34. The summed E-state index contributed by atoms with van der Waals surface area (Å²) in [6.45, 7) is 5.91. The summed E-state index contributed by atoms with van der Waals surface area (Å²) in [7, 11) is 0. The predicted molar refractivity (Wildman–Crippen MR) is 80.6 cm³/mol. The van der Waals surface area contributed by atoms with Crippen LogP contribution in [-0.4, -0.2) is 17.6 Å². The molecule has 0 aliphatic carbocycles. The lowest BCUT2D eigenvalue weighted by molar-refractivity contribution is 0.0522. The monoisotopic (exact) mass is 286 g/mol. The number of carbonyl (C=O) groups is 1. The Morgan fingerprint density at radius 3 is 2.76 bits per heavy atom. The van der Waals surface area contributed by atoms with Gasteiger partial charge in [0, 0.05) is 0 Å². The van der Waals surface area contributed by atoms with Gasteiger partial charge >= 0.3 is 5.97 Å². The standard InChI is InChI=1S/C16H18N2O3/c1-4-20-16(19)13-8-12(17)9-18-15(13)21-14-7-10(2)5-6-11(14)3/h5-9H,4,17H2,1-3H3. The van der Waals surface area contributed by atoms with Gasteiger partial charge in [0.2, 0.25) is 5.88 Å². The molecule has 0 spiro atoms. The fourth-order valence-corrected chi connectivity index (χ4v) is 1.83. The Morgan fingerprint density at radius 1 is 1.29 bits per heavy atom. The molecule has 0 aliphatic rings. The van der Waals surface area contributed by atoms with Gasteiger partial charge in [0.1, 0.15) is 11.3 Å². The average molecular weight is 286 g/mol. The molecule has 5 nitrogen and oxygen atoms in total. The van der Waals surface area contributed by atoms with Crippen molar-refractivity contribution in [2.75, 3.05) is 12.3 Å². The largest absolute Gasteiger partial charge is 0.462 e. The van der Waals surface area contributed by atoms with Crippen LogP contribution >= 0.6 is 0 Å². The molecule has 0 saturated carbocycles. The summed E-state index contributed by atoms with van der Waals surface area (Å²) >= 11 is 0. The third kappa shape index (κ3) is 3.51. The topological polar surface area (TPSA) is 74.4 Å². The highest BCUT2D eigenvalue weighted by Gasteiger charge is 2.17. The minimum Gasteiger partial charge on any atom is -0.462 e. The van der Waals surface area contributed by atoms with Crippen molar-refractivity contribution in [3.63, 3.8) is 0 Å². The molecule has 1 heterocycles. The molecule has 2 aromatic rings. The number of ether oxygens (including phenoxy) is 2. The zero-order chi connectivity index (χ0) is 15.4. The van der Waals surface area contributed by atoms with E-state index in [1.54, 1.807) is 6.92 Å². The van der Waals surface area contributed by atoms with E-state index < -0.39 is 5.97 Å². The fourth-order valence-electron chi connectivity index (χ4n) is 1.83. The Morgan fingerprint density at radius 2 is 2.05 bits per heavy atom. The molecule has 5 heteroatoms. The van der Waals surface area contributed by atoms with Crippen LogP contribution in [0.25, 0.3) is 0 Å². The van der Waals surface area contributed by atoms with E-state index in [9.17, 15) is 4.79 Å². The van der Waals surface area contributed by atoms with Gasteiger partial charge in [-0.1, -0.05) is 12.1 Å². The zero-order valence-electron chi connectivity index (χ0n) is 12.3. The molecule has 0 bridgehead atoms. The normalized spacial score (nSPS) is 10.2. The lowest BCUT2D eigenvalue weighted by Crippen LogP contribution is -2.08. The summed E-state index contributed by atoms with van der Waals surface area (Å²) in [5.41, 5.74) is 8.30. The molecule has 2 rings (SSSR count). The Kier molecular flexibility index (Phi) is 4.42. The molecule has 0 atom stereocenters. The van der Waals surface area contributed by atoms with E-state index in [0.717, 1.165) is 11.1 Å². The first-order chi connectivity index (χ1) is 10.0. The number of hydrogen-bond donors (Lipinski definition) is 1. The number of nitrogens with zero attached hydrogens (tertiary/aromatic N) is 1. The van der Waals surface area contributed by atoms with Crippen molar-refractivity contribution < 1.29 is 14.3 Å². The van der Waals surface area contributed by atoms with Gasteiger partial charge in [0.05, 0.1) is 18.5 Å². The Labute approximate surface area is 123 Å². The highest BCUT2D eigenvalue weighted by molar-refractivity contribution is 5.92. The minimum absolute atomic E-state index is 0.191. The van der Waals surface area contributed by atoms with E-state index in [4.69, 9.17) is 15.2 Å². The summed E-state index contributed by atoms with van der Waals surface area (Å²) < 4.78 is 10.8. The first kappa shape index (κ1) is 14.8. The van der Waals surface area contributed by atoms with Crippen molar-refractivity contribution in [3.8, 4) is 11.6 Å². The number of hydrogen-bond acceptors (Lipinski definition) is 5. The van der Waals surface area contributed by atoms with Crippen molar-refractivity contribution in [1.82, 2.24) is 4.98 Å². The van der Waals surface area contributed by atoms with Crippen LogP contribution < -0.4 is 10.5 Å². The quantitative estimate of drug-likeness (QED) is 0.873. The fraction of sp³-hybridized carbons (Fsp3) is 0.250. The van der Waals surface area contributed by atoms with E-state index >= 15 is 0 Å². The Hall–Kier alpha value is -2.56. The van der Waals surface area contributed by atoms with Gasteiger partial charge in [0.15, 0.2) is 0 Å². The van der Waals surface area contributed by atoms with E-state index in [1.165, 1.54) is 12.3 Å². The molecule has 2 N–H and O–H groups in total. The molecular formula is C16H18N2O3. The van der Waals surface area contributed by atoms with Crippen LogP contribution in [0.3, 0.4) is 0 Å². The smallest absolute Gasteiger partial charge is 0.343 e. The van der Waals surface area contributed by atoms with E-state index in [0.29, 0.717) is 11.4 Å². The minimum atomic E-state index is -0.502. The van der Waals surface area contributed by atoms with E-state index in [1.807, 2.05) is 32.0 Å². The number of esters is 1. The zero-order valence-corrected chi connectivity index (χ0v) is 12.3. The first-order valence-electron chi connectivity index (χ1n) is 6.69. The van der Waals surface area contributed by atoms with Crippen LogP contribution in [0.2, 0.25) is 0 Å². The van der Waals surface area contributed by atoms with E-state index in [-0.39, 0.29) is 18.1 Å². The number of pyridine rings is 1. The van der Waals surface area contributed by atoms with Gasteiger partial charge < -0.3 is 15.2 Å². The first-order valence-corrected chi connectivity index (χ1v) is 6.69. The van der Waals surface area contributed by atoms with Crippen LogP contribution in [0.1, 0.15) is 28.4 Å². The number of nitrogens with two attached hydrogens (primary N) is 1. The maximum absolute atomic E-state index is 12.0. The highest BCUT2D eigenvalue weighted by Crippen LogP contribution is 2.28. The van der Waals surface area contributed by atoms with Crippen molar-refractivity contribution in [2.45, 2.75) is 20.8 Å². The lowest BCUT2D eigenvalue weighted by Gasteiger charge is -2.12. The van der Waals surface area contributed by atoms with Crippen molar-refractivity contribution in [3.05, 3.63) is 47.2 Å². The van der Waals surface area contributed by atoms with Gasteiger partial charge in [-0.3, -0.25) is 0 Å². The summed E-state index contributed by atoms with van der Waals surface area (Å²) in [5.74, 6) is 0.340. The average Bonchev–Trinajstić information content (AvgIpc) is 2.45. The highest BCUT2D eigenvalue weighted by atomic mass is 16.5. The molecule has 0 fully saturated rings. The number of anilines is 1. The van der Waals surface area contributed by atoms with Crippen LogP contribution in [0.5, 0.6) is 11.6 Å². The van der Waals surface area contributed by atoms with Crippen LogP contribution in [0, 0.1) is 13.8 Å². The number of aromatic nitrogens is 1. The molecule has 0 saturated heterocycles. The summed E-state index contributed by atoms with van der Waals surface area (Å²) in [4.78, 5) is 16.1. The maximum Gasteiger partial charge on any atom is 0.343 e. The molecule has 21 heavy (non-hydrogen) atoms. The number of benzene rings is 1. The van der Waals surface area contributed by atoms with Gasteiger partial charge in [-0.2, -0.15) is 0 Å². The molecule has 0 unspecified atom stereocenters. The predicted octanol–water partition coefficient (Wildman–Crippen LogP) is 3.25. The molecule has 0 radical (unpaired) electrons. The Balaban J connectivity index is 2.39. The molecule has 0 amide bonds.